The lowest BCUT2D eigenvalue weighted by Crippen LogP contribution is -2.23. The highest BCUT2D eigenvalue weighted by Crippen LogP contribution is 2.30. The van der Waals surface area contributed by atoms with Crippen molar-refractivity contribution in [3.8, 4) is 0 Å². The van der Waals surface area contributed by atoms with Crippen molar-refractivity contribution in [2.75, 3.05) is 19.8 Å². The molecule has 1 atom stereocenters. The molecule has 0 amide bonds. The van der Waals surface area contributed by atoms with Crippen molar-refractivity contribution in [2.24, 2.45) is 5.73 Å². The molecule has 0 aliphatic rings. The first-order valence-electron chi connectivity index (χ1n) is 6.74. The zero-order valence-corrected chi connectivity index (χ0v) is 12.5. The highest BCUT2D eigenvalue weighted by Gasteiger charge is 2.30. The topological polar surface area (TPSA) is 44.5 Å². The summed E-state index contributed by atoms with van der Waals surface area (Å²) in [5.74, 6) is 0. The lowest BCUT2D eigenvalue weighted by molar-refractivity contribution is -0.137. The second kappa shape index (κ2) is 7.24. The number of alkyl halides is 3. The molecule has 0 heterocycles. The van der Waals surface area contributed by atoms with Gasteiger partial charge in [-0.15, -0.1) is 0 Å². The molecule has 0 saturated heterocycles. The summed E-state index contributed by atoms with van der Waals surface area (Å²) < 4.78 is 48.6. The predicted molar refractivity (Wildman–Crippen MR) is 74.9 cm³/mol. The minimum absolute atomic E-state index is 0.148. The summed E-state index contributed by atoms with van der Waals surface area (Å²) in [5, 5.41) is 0. The van der Waals surface area contributed by atoms with Gasteiger partial charge < -0.3 is 15.2 Å². The van der Waals surface area contributed by atoms with Crippen LogP contribution in [0.15, 0.2) is 24.3 Å². The number of halogens is 3. The van der Waals surface area contributed by atoms with Crippen LogP contribution in [-0.4, -0.2) is 25.4 Å². The van der Waals surface area contributed by atoms with Gasteiger partial charge in [0.25, 0.3) is 0 Å². The van der Waals surface area contributed by atoms with Crippen LogP contribution in [-0.2, 0) is 15.7 Å². The number of hydrogen-bond donors (Lipinski definition) is 1. The lowest BCUT2D eigenvalue weighted by Gasteiger charge is -2.20. The van der Waals surface area contributed by atoms with Gasteiger partial charge in [-0.25, -0.2) is 0 Å². The van der Waals surface area contributed by atoms with Crippen molar-refractivity contribution in [3.63, 3.8) is 0 Å². The Labute approximate surface area is 123 Å². The van der Waals surface area contributed by atoms with E-state index in [1.165, 1.54) is 6.07 Å². The van der Waals surface area contributed by atoms with E-state index in [9.17, 15) is 13.2 Å². The predicted octanol–water partition coefficient (Wildman–Crippen LogP) is 3.54. The average Bonchev–Trinajstić information content (AvgIpc) is 2.36. The Balaban J connectivity index is 2.44. The number of nitrogens with two attached hydrogens (primary N) is 1. The van der Waals surface area contributed by atoms with Gasteiger partial charge in [0.05, 0.1) is 37.0 Å². The minimum atomic E-state index is -4.36. The van der Waals surface area contributed by atoms with Gasteiger partial charge in [0.15, 0.2) is 0 Å². The van der Waals surface area contributed by atoms with E-state index in [2.05, 4.69) is 0 Å². The average molecular weight is 305 g/mol. The molecule has 0 aromatic heterocycles. The number of hydrogen-bond acceptors (Lipinski definition) is 3. The summed E-state index contributed by atoms with van der Waals surface area (Å²) in [7, 11) is 0. The molecule has 1 aromatic carbocycles. The van der Waals surface area contributed by atoms with Gasteiger partial charge in [-0.3, -0.25) is 0 Å². The van der Waals surface area contributed by atoms with Crippen LogP contribution in [0.3, 0.4) is 0 Å². The zero-order valence-electron chi connectivity index (χ0n) is 12.5. The molecule has 1 unspecified atom stereocenters. The van der Waals surface area contributed by atoms with Gasteiger partial charge in [0.1, 0.15) is 0 Å². The fraction of sp³-hybridized carbons (Fsp3) is 0.600. The summed E-state index contributed by atoms with van der Waals surface area (Å²) in [6.07, 6.45) is -4.36. The van der Waals surface area contributed by atoms with E-state index in [-0.39, 0.29) is 12.2 Å². The third kappa shape index (κ3) is 6.93. The molecule has 1 aromatic rings. The van der Waals surface area contributed by atoms with Crippen molar-refractivity contribution in [1.29, 1.82) is 0 Å². The molecule has 2 N–H and O–H groups in total. The monoisotopic (exact) mass is 305 g/mol. The van der Waals surface area contributed by atoms with Gasteiger partial charge in [-0.05, 0) is 38.5 Å². The van der Waals surface area contributed by atoms with Gasteiger partial charge in [0.2, 0.25) is 0 Å². The Morgan fingerprint density at radius 3 is 2.38 bits per heavy atom. The van der Waals surface area contributed by atoms with E-state index in [1.54, 1.807) is 6.07 Å². The summed E-state index contributed by atoms with van der Waals surface area (Å²) in [6.45, 7) is 6.71. The molecule has 0 bridgehead atoms. The maximum absolute atomic E-state index is 12.6. The fourth-order valence-corrected chi connectivity index (χ4v) is 1.66. The molecule has 0 fully saturated rings. The first kappa shape index (κ1) is 17.9. The summed E-state index contributed by atoms with van der Waals surface area (Å²) >= 11 is 0. The molecule has 6 heteroatoms. The normalized spacial score (nSPS) is 14.2. The molecule has 0 aliphatic carbocycles. The molecule has 0 saturated carbocycles. The van der Waals surface area contributed by atoms with Crippen LogP contribution >= 0.6 is 0 Å². The first-order valence-corrected chi connectivity index (χ1v) is 6.74. The molecule has 3 nitrogen and oxygen atoms in total. The summed E-state index contributed by atoms with van der Waals surface area (Å²) in [4.78, 5) is 0. The number of ether oxygens (including phenoxy) is 2. The maximum Gasteiger partial charge on any atom is 0.416 e. The quantitative estimate of drug-likeness (QED) is 0.818. The van der Waals surface area contributed by atoms with Crippen molar-refractivity contribution in [3.05, 3.63) is 35.4 Å². The van der Waals surface area contributed by atoms with E-state index in [0.29, 0.717) is 18.8 Å². The molecular formula is C15H22F3NO2. The van der Waals surface area contributed by atoms with Crippen LogP contribution in [0.2, 0.25) is 0 Å². The smallest absolute Gasteiger partial charge is 0.377 e. The Kier molecular flexibility index (Phi) is 6.19. The van der Waals surface area contributed by atoms with Gasteiger partial charge >= 0.3 is 6.18 Å². The first-order chi connectivity index (χ1) is 9.59. The van der Waals surface area contributed by atoms with E-state index in [1.807, 2.05) is 20.8 Å². The Hall–Kier alpha value is -1.11. The Morgan fingerprint density at radius 1 is 1.14 bits per heavy atom. The number of rotatable bonds is 6. The SMILES string of the molecule is CC(C)(C)OCCOCC(N)c1cccc(C(F)(F)F)c1. The van der Waals surface area contributed by atoms with Crippen LogP contribution in [0, 0.1) is 0 Å². The summed E-state index contributed by atoms with van der Waals surface area (Å²) in [5.41, 5.74) is 5.30. The second-order valence-electron chi connectivity index (χ2n) is 5.77. The van der Waals surface area contributed by atoms with Crippen molar-refractivity contribution in [1.82, 2.24) is 0 Å². The third-order valence-electron chi connectivity index (χ3n) is 2.70. The molecule has 120 valence electrons. The Morgan fingerprint density at radius 2 is 1.81 bits per heavy atom. The van der Waals surface area contributed by atoms with Gasteiger partial charge in [-0.1, -0.05) is 12.1 Å². The van der Waals surface area contributed by atoms with Gasteiger partial charge in [0, 0.05) is 0 Å². The van der Waals surface area contributed by atoms with E-state index >= 15 is 0 Å². The molecule has 0 radical (unpaired) electrons. The molecule has 0 spiro atoms. The van der Waals surface area contributed by atoms with Crippen molar-refractivity contribution in [2.45, 2.75) is 38.6 Å². The summed E-state index contributed by atoms with van der Waals surface area (Å²) in [6, 6.07) is 4.39. The maximum atomic E-state index is 12.6. The zero-order chi connectivity index (χ0) is 16.1. The second-order valence-corrected chi connectivity index (χ2v) is 5.77. The molecule has 1 rings (SSSR count). The number of benzene rings is 1. The lowest BCUT2D eigenvalue weighted by atomic mass is 10.0. The molecular weight excluding hydrogens is 283 g/mol. The molecule has 21 heavy (non-hydrogen) atoms. The van der Waals surface area contributed by atoms with Crippen LogP contribution in [0.25, 0.3) is 0 Å². The minimum Gasteiger partial charge on any atom is -0.377 e. The third-order valence-corrected chi connectivity index (χ3v) is 2.70. The molecule has 0 aliphatic heterocycles. The standard InChI is InChI=1S/C15H22F3NO2/c1-14(2,3)21-8-7-20-10-13(19)11-5-4-6-12(9-11)15(16,17)18/h4-6,9,13H,7-8,10,19H2,1-3H3. The van der Waals surface area contributed by atoms with Crippen molar-refractivity contribution >= 4 is 0 Å². The van der Waals surface area contributed by atoms with Crippen molar-refractivity contribution < 1.29 is 22.6 Å². The van der Waals surface area contributed by atoms with Gasteiger partial charge in [-0.2, -0.15) is 13.2 Å². The van der Waals surface area contributed by atoms with Crippen LogP contribution in [0.5, 0.6) is 0 Å². The highest BCUT2D eigenvalue weighted by molar-refractivity contribution is 5.27. The Bertz CT molecular complexity index is 441. The van der Waals surface area contributed by atoms with E-state index in [4.69, 9.17) is 15.2 Å². The van der Waals surface area contributed by atoms with Crippen LogP contribution in [0.1, 0.15) is 37.9 Å². The van der Waals surface area contributed by atoms with Crippen LogP contribution in [0.4, 0.5) is 13.2 Å². The fourth-order valence-electron chi connectivity index (χ4n) is 1.66. The van der Waals surface area contributed by atoms with Crippen LogP contribution < -0.4 is 5.73 Å². The highest BCUT2D eigenvalue weighted by atomic mass is 19.4. The largest absolute Gasteiger partial charge is 0.416 e. The van der Waals surface area contributed by atoms with E-state index in [0.717, 1.165) is 12.1 Å². The van der Waals surface area contributed by atoms with E-state index < -0.39 is 17.8 Å².